The summed E-state index contributed by atoms with van der Waals surface area (Å²) in [5, 5.41) is 5.45. The molecule has 0 aliphatic carbocycles. The van der Waals surface area contributed by atoms with Crippen LogP contribution in [0, 0.1) is 5.92 Å². The summed E-state index contributed by atoms with van der Waals surface area (Å²) >= 11 is 7.51. The standard InChI is InChI=1S/C15H17ClN2OS/c1-10(8-13(17)14-6-3-7-20-14)15(19)18-12-5-2-4-11(16)9-12/h2-7,9-10,13H,8,17H2,1H3,(H,18,19)/t10-,13+/m0/s1. The Balaban J connectivity index is 1.92. The van der Waals surface area contributed by atoms with E-state index in [0.29, 0.717) is 17.1 Å². The Labute approximate surface area is 127 Å². The molecule has 1 amide bonds. The Morgan fingerprint density at radius 1 is 1.40 bits per heavy atom. The lowest BCUT2D eigenvalue weighted by Crippen LogP contribution is -2.24. The third kappa shape index (κ3) is 4.07. The Morgan fingerprint density at radius 3 is 2.85 bits per heavy atom. The van der Waals surface area contributed by atoms with Gasteiger partial charge in [-0.25, -0.2) is 0 Å². The largest absolute Gasteiger partial charge is 0.326 e. The van der Waals surface area contributed by atoms with Crippen molar-refractivity contribution in [3.63, 3.8) is 0 Å². The highest BCUT2D eigenvalue weighted by molar-refractivity contribution is 7.10. The number of nitrogens with two attached hydrogens (primary N) is 1. The molecule has 106 valence electrons. The zero-order valence-corrected chi connectivity index (χ0v) is 12.7. The number of benzene rings is 1. The highest BCUT2D eigenvalue weighted by Gasteiger charge is 2.18. The average Bonchev–Trinajstić information content (AvgIpc) is 2.92. The highest BCUT2D eigenvalue weighted by Crippen LogP contribution is 2.24. The van der Waals surface area contributed by atoms with E-state index in [1.54, 1.807) is 29.5 Å². The van der Waals surface area contributed by atoms with Crippen molar-refractivity contribution in [1.29, 1.82) is 0 Å². The second kappa shape index (κ2) is 6.88. The van der Waals surface area contributed by atoms with Crippen molar-refractivity contribution in [3.05, 3.63) is 51.7 Å². The van der Waals surface area contributed by atoms with Gasteiger partial charge in [0.25, 0.3) is 0 Å². The van der Waals surface area contributed by atoms with E-state index in [1.165, 1.54) is 0 Å². The van der Waals surface area contributed by atoms with Gasteiger partial charge in [0.1, 0.15) is 0 Å². The first-order valence-electron chi connectivity index (χ1n) is 6.41. The van der Waals surface area contributed by atoms with E-state index >= 15 is 0 Å². The molecule has 0 aliphatic rings. The van der Waals surface area contributed by atoms with Gasteiger partial charge < -0.3 is 11.1 Å². The first-order valence-corrected chi connectivity index (χ1v) is 7.67. The summed E-state index contributed by atoms with van der Waals surface area (Å²) in [6.45, 7) is 1.88. The molecule has 0 saturated carbocycles. The molecular weight excluding hydrogens is 292 g/mol. The minimum absolute atomic E-state index is 0.0423. The molecule has 0 unspecified atom stereocenters. The zero-order valence-electron chi connectivity index (χ0n) is 11.2. The smallest absolute Gasteiger partial charge is 0.227 e. The maximum atomic E-state index is 12.1. The Hall–Kier alpha value is -1.36. The molecule has 1 heterocycles. The Bertz CT molecular complexity index is 571. The van der Waals surface area contributed by atoms with Crippen LogP contribution >= 0.6 is 22.9 Å². The molecule has 3 nitrogen and oxygen atoms in total. The molecule has 0 radical (unpaired) electrons. The fourth-order valence-corrected chi connectivity index (χ4v) is 2.87. The first-order chi connectivity index (χ1) is 9.56. The molecule has 2 aromatic rings. The summed E-state index contributed by atoms with van der Waals surface area (Å²) in [5.74, 6) is -0.203. The zero-order chi connectivity index (χ0) is 14.5. The lowest BCUT2D eigenvalue weighted by atomic mass is 10.0. The van der Waals surface area contributed by atoms with Crippen LogP contribution in [0.3, 0.4) is 0 Å². The summed E-state index contributed by atoms with van der Waals surface area (Å²) in [4.78, 5) is 13.2. The molecule has 0 saturated heterocycles. The van der Waals surface area contributed by atoms with E-state index in [9.17, 15) is 4.79 Å². The van der Waals surface area contributed by atoms with Crippen LogP contribution in [0.5, 0.6) is 0 Å². The quantitative estimate of drug-likeness (QED) is 0.875. The van der Waals surface area contributed by atoms with Crippen molar-refractivity contribution in [1.82, 2.24) is 0 Å². The van der Waals surface area contributed by atoms with Gasteiger partial charge in [0, 0.05) is 27.5 Å². The molecule has 0 aliphatic heterocycles. The number of hydrogen-bond donors (Lipinski definition) is 2. The van der Waals surface area contributed by atoms with E-state index in [4.69, 9.17) is 17.3 Å². The van der Waals surface area contributed by atoms with Crippen LogP contribution in [0.1, 0.15) is 24.3 Å². The maximum absolute atomic E-state index is 12.1. The van der Waals surface area contributed by atoms with Crippen LogP contribution in [-0.2, 0) is 4.79 Å². The van der Waals surface area contributed by atoms with Crippen LogP contribution in [-0.4, -0.2) is 5.91 Å². The summed E-state index contributed by atoms with van der Waals surface area (Å²) < 4.78 is 0. The van der Waals surface area contributed by atoms with Crippen molar-refractivity contribution in [3.8, 4) is 0 Å². The summed E-state index contributed by atoms with van der Waals surface area (Å²) in [7, 11) is 0. The number of amides is 1. The van der Waals surface area contributed by atoms with Gasteiger partial charge in [-0.05, 0) is 36.1 Å². The lowest BCUT2D eigenvalue weighted by Gasteiger charge is -2.16. The van der Waals surface area contributed by atoms with Gasteiger partial charge in [-0.15, -0.1) is 11.3 Å². The molecule has 20 heavy (non-hydrogen) atoms. The highest BCUT2D eigenvalue weighted by atomic mass is 35.5. The van der Waals surface area contributed by atoms with Crippen molar-refractivity contribution < 1.29 is 4.79 Å². The van der Waals surface area contributed by atoms with Gasteiger partial charge >= 0.3 is 0 Å². The number of rotatable bonds is 5. The monoisotopic (exact) mass is 308 g/mol. The lowest BCUT2D eigenvalue weighted by molar-refractivity contribution is -0.119. The number of carbonyl (C=O) groups is 1. The normalized spacial score (nSPS) is 13.8. The van der Waals surface area contributed by atoms with E-state index < -0.39 is 0 Å². The number of hydrogen-bond acceptors (Lipinski definition) is 3. The molecule has 3 N–H and O–H groups in total. The van der Waals surface area contributed by atoms with Gasteiger partial charge in [-0.1, -0.05) is 30.7 Å². The minimum Gasteiger partial charge on any atom is -0.326 e. The van der Waals surface area contributed by atoms with E-state index in [0.717, 1.165) is 4.88 Å². The molecule has 2 rings (SSSR count). The average molecular weight is 309 g/mol. The van der Waals surface area contributed by atoms with E-state index in [1.807, 2.05) is 30.5 Å². The van der Waals surface area contributed by atoms with Crippen LogP contribution < -0.4 is 11.1 Å². The third-order valence-electron chi connectivity index (χ3n) is 3.06. The van der Waals surface area contributed by atoms with E-state index in [-0.39, 0.29) is 17.9 Å². The third-order valence-corrected chi connectivity index (χ3v) is 4.30. The molecule has 5 heteroatoms. The molecule has 0 fully saturated rings. The van der Waals surface area contributed by atoms with Gasteiger partial charge in [0.05, 0.1) is 0 Å². The van der Waals surface area contributed by atoms with Gasteiger partial charge in [0.15, 0.2) is 0 Å². The molecule has 1 aromatic carbocycles. The number of thiophene rings is 1. The number of carbonyl (C=O) groups excluding carboxylic acids is 1. The fraction of sp³-hybridized carbons (Fsp3) is 0.267. The van der Waals surface area contributed by atoms with Gasteiger partial charge in [-0.2, -0.15) is 0 Å². The van der Waals surface area contributed by atoms with Crippen molar-refractivity contribution >= 4 is 34.5 Å². The van der Waals surface area contributed by atoms with Crippen LogP contribution in [0.15, 0.2) is 41.8 Å². The molecule has 2 atom stereocenters. The SMILES string of the molecule is C[C@@H](C[C@@H](N)c1cccs1)C(=O)Nc1cccc(Cl)c1. The number of halogens is 1. The second-order valence-electron chi connectivity index (χ2n) is 4.76. The summed E-state index contributed by atoms with van der Waals surface area (Å²) in [6, 6.07) is 11.0. The number of nitrogens with one attached hydrogen (secondary N) is 1. The molecular formula is C15H17ClN2OS. The van der Waals surface area contributed by atoms with Gasteiger partial charge in [-0.3, -0.25) is 4.79 Å². The summed E-state index contributed by atoms with van der Waals surface area (Å²) in [5.41, 5.74) is 6.81. The minimum atomic E-state index is -0.161. The molecule has 0 bridgehead atoms. The second-order valence-corrected chi connectivity index (χ2v) is 6.17. The topological polar surface area (TPSA) is 55.1 Å². The number of anilines is 1. The van der Waals surface area contributed by atoms with Crippen molar-refractivity contribution in [2.24, 2.45) is 11.7 Å². The molecule has 1 aromatic heterocycles. The Morgan fingerprint density at radius 2 is 2.20 bits per heavy atom. The predicted octanol–water partition coefficient (Wildman–Crippen LogP) is 4.07. The van der Waals surface area contributed by atoms with Crippen LogP contribution in [0.2, 0.25) is 5.02 Å². The maximum Gasteiger partial charge on any atom is 0.227 e. The van der Waals surface area contributed by atoms with Crippen LogP contribution in [0.4, 0.5) is 5.69 Å². The van der Waals surface area contributed by atoms with Crippen LogP contribution in [0.25, 0.3) is 0 Å². The fourth-order valence-electron chi connectivity index (χ4n) is 1.94. The van der Waals surface area contributed by atoms with Crippen molar-refractivity contribution in [2.45, 2.75) is 19.4 Å². The van der Waals surface area contributed by atoms with Gasteiger partial charge in [0.2, 0.25) is 5.91 Å². The van der Waals surface area contributed by atoms with E-state index in [2.05, 4.69) is 5.32 Å². The molecule has 0 spiro atoms. The Kier molecular flexibility index (Phi) is 5.17. The van der Waals surface area contributed by atoms with Crippen molar-refractivity contribution in [2.75, 3.05) is 5.32 Å². The summed E-state index contributed by atoms with van der Waals surface area (Å²) in [6.07, 6.45) is 0.618. The first kappa shape index (κ1) is 15.0. The predicted molar refractivity (Wildman–Crippen MR) is 85.1 cm³/mol.